The topological polar surface area (TPSA) is 99.3 Å². The van der Waals surface area contributed by atoms with Gasteiger partial charge in [0.1, 0.15) is 5.75 Å². The minimum absolute atomic E-state index is 0.137. The van der Waals surface area contributed by atoms with E-state index in [9.17, 15) is 14.9 Å². The predicted molar refractivity (Wildman–Crippen MR) is 70.8 cm³/mol. The van der Waals surface area contributed by atoms with E-state index in [2.05, 4.69) is 10.4 Å². The van der Waals surface area contributed by atoms with Gasteiger partial charge in [0.15, 0.2) is 5.69 Å². The normalized spacial score (nSPS) is 10.1. The standard InChI is InChI=1S/C12H12N4O4/c1-15-6-5-9(14-15)12(17)13-10-7-8(16(18)19)3-4-11(10)20-2/h3-7H,1-2H3,(H,13,17). The summed E-state index contributed by atoms with van der Waals surface area (Å²) >= 11 is 0. The van der Waals surface area contributed by atoms with E-state index in [1.54, 1.807) is 19.3 Å². The first-order chi connectivity index (χ1) is 9.51. The third kappa shape index (κ3) is 2.74. The van der Waals surface area contributed by atoms with Crippen molar-refractivity contribution in [2.75, 3.05) is 12.4 Å². The van der Waals surface area contributed by atoms with Crippen LogP contribution < -0.4 is 10.1 Å². The first-order valence-electron chi connectivity index (χ1n) is 5.64. The molecule has 1 heterocycles. The first kappa shape index (κ1) is 13.5. The number of non-ortho nitro benzene ring substituents is 1. The number of hydrogen-bond donors (Lipinski definition) is 1. The number of rotatable bonds is 4. The van der Waals surface area contributed by atoms with Crippen molar-refractivity contribution >= 4 is 17.3 Å². The third-order valence-electron chi connectivity index (χ3n) is 2.59. The van der Waals surface area contributed by atoms with Crippen molar-refractivity contribution in [1.29, 1.82) is 0 Å². The van der Waals surface area contributed by atoms with Crippen molar-refractivity contribution in [2.24, 2.45) is 7.05 Å². The number of nitro groups is 1. The summed E-state index contributed by atoms with van der Waals surface area (Å²) < 4.78 is 6.54. The lowest BCUT2D eigenvalue weighted by atomic mass is 10.2. The van der Waals surface area contributed by atoms with Gasteiger partial charge in [0.2, 0.25) is 0 Å². The van der Waals surface area contributed by atoms with E-state index in [-0.39, 0.29) is 17.1 Å². The Labute approximate surface area is 114 Å². The van der Waals surface area contributed by atoms with Crippen LogP contribution in [-0.2, 0) is 7.05 Å². The molecule has 8 heteroatoms. The van der Waals surface area contributed by atoms with Crippen LogP contribution in [0.3, 0.4) is 0 Å². The first-order valence-corrected chi connectivity index (χ1v) is 5.64. The molecule has 1 aromatic heterocycles. The lowest BCUT2D eigenvalue weighted by molar-refractivity contribution is -0.384. The highest BCUT2D eigenvalue weighted by atomic mass is 16.6. The number of methoxy groups -OCH3 is 1. The van der Waals surface area contributed by atoms with Crippen molar-refractivity contribution in [2.45, 2.75) is 0 Å². The third-order valence-corrected chi connectivity index (χ3v) is 2.59. The van der Waals surface area contributed by atoms with Crippen molar-refractivity contribution < 1.29 is 14.5 Å². The molecule has 1 N–H and O–H groups in total. The van der Waals surface area contributed by atoms with Crippen molar-refractivity contribution in [3.8, 4) is 5.75 Å². The molecule has 2 rings (SSSR count). The van der Waals surface area contributed by atoms with Crippen LogP contribution in [0.2, 0.25) is 0 Å². The van der Waals surface area contributed by atoms with E-state index in [1.807, 2.05) is 0 Å². The highest BCUT2D eigenvalue weighted by molar-refractivity contribution is 6.03. The van der Waals surface area contributed by atoms with Crippen molar-refractivity contribution in [1.82, 2.24) is 9.78 Å². The molecule has 0 spiro atoms. The Morgan fingerprint density at radius 1 is 1.45 bits per heavy atom. The maximum absolute atomic E-state index is 12.0. The summed E-state index contributed by atoms with van der Waals surface area (Å²) in [7, 11) is 3.10. The average Bonchev–Trinajstić information content (AvgIpc) is 2.85. The summed E-state index contributed by atoms with van der Waals surface area (Å²) in [6, 6.07) is 5.50. The molecule has 0 saturated carbocycles. The number of ether oxygens (including phenoxy) is 1. The van der Waals surface area contributed by atoms with Crippen LogP contribution in [-0.4, -0.2) is 27.7 Å². The quantitative estimate of drug-likeness (QED) is 0.675. The lowest BCUT2D eigenvalue weighted by Gasteiger charge is -2.08. The van der Waals surface area contributed by atoms with E-state index >= 15 is 0 Å². The molecule has 1 amide bonds. The van der Waals surface area contributed by atoms with E-state index in [4.69, 9.17) is 4.74 Å². The average molecular weight is 276 g/mol. The van der Waals surface area contributed by atoms with Crippen molar-refractivity contribution in [3.05, 3.63) is 46.3 Å². The zero-order valence-electron chi connectivity index (χ0n) is 10.9. The fourth-order valence-electron chi connectivity index (χ4n) is 1.63. The van der Waals surface area contributed by atoms with Gasteiger partial charge in [-0.1, -0.05) is 0 Å². The molecule has 0 atom stereocenters. The van der Waals surface area contributed by atoms with Gasteiger partial charge in [-0.05, 0) is 12.1 Å². The Morgan fingerprint density at radius 3 is 2.75 bits per heavy atom. The summed E-state index contributed by atoms with van der Waals surface area (Å²) in [6.07, 6.45) is 1.62. The number of carbonyl (C=O) groups excluding carboxylic acids is 1. The maximum atomic E-state index is 12.0. The minimum Gasteiger partial charge on any atom is -0.495 e. The number of amides is 1. The van der Waals surface area contributed by atoms with Crippen LogP contribution in [0.4, 0.5) is 11.4 Å². The molecule has 0 saturated heterocycles. The fraction of sp³-hybridized carbons (Fsp3) is 0.167. The van der Waals surface area contributed by atoms with Gasteiger partial charge >= 0.3 is 0 Å². The fourth-order valence-corrected chi connectivity index (χ4v) is 1.63. The Morgan fingerprint density at radius 2 is 2.20 bits per heavy atom. The number of carbonyl (C=O) groups is 1. The number of anilines is 1. The van der Waals surface area contributed by atoms with E-state index in [1.165, 1.54) is 30.0 Å². The van der Waals surface area contributed by atoms with Crippen LogP contribution in [0.5, 0.6) is 5.75 Å². The molecule has 0 fully saturated rings. The summed E-state index contributed by atoms with van der Waals surface area (Å²) in [5.74, 6) is -0.135. The molecule has 2 aromatic rings. The Hall–Kier alpha value is -2.90. The highest BCUT2D eigenvalue weighted by Crippen LogP contribution is 2.29. The van der Waals surface area contributed by atoms with Gasteiger partial charge in [-0.25, -0.2) is 0 Å². The molecule has 0 aliphatic rings. The number of benzene rings is 1. The molecule has 8 nitrogen and oxygen atoms in total. The molecule has 20 heavy (non-hydrogen) atoms. The Balaban J connectivity index is 2.29. The zero-order chi connectivity index (χ0) is 14.7. The maximum Gasteiger partial charge on any atom is 0.276 e. The van der Waals surface area contributed by atoms with Crippen LogP contribution in [0.1, 0.15) is 10.5 Å². The summed E-state index contributed by atoms with van der Waals surface area (Å²) in [6.45, 7) is 0. The van der Waals surface area contributed by atoms with Crippen LogP contribution in [0.15, 0.2) is 30.5 Å². The van der Waals surface area contributed by atoms with Crippen LogP contribution in [0, 0.1) is 10.1 Å². The van der Waals surface area contributed by atoms with Crippen LogP contribution >= 0.6 is 0 Å². The van der Waals surface area contributed by atoms with E-state index in [0.717, 1.165) is 0 Å². The largest absolute Gasteiger partial charge is 0.495 e. The molecule has 0 unspecified atom stereocenters. The number of aromatic nitrogens is 2. The predicted octanol–water partition coefficient (Wildman–Crippen LogP) is 1.59. The van der Waals surface area contributed by atoms with Gasteiger partial charge in [0.05, 0.1) is 17.7 Å². The molecule has 0 bridgehead atoms. The molecule has 0 radical (unpaired) electrons. The Kier molecular flexibility index (Phi) is 3.65. The SMILES string of the molecule is COc1ccc([N+](=O)[O-])cc1NC(=O)c1ccn(C)n1. The molecule has 1 aromatic carbocycles. The number of nitro benzene ring substituents is 1. The van der Waals surface area contributed by atoms with Crippen molar-refractivity contribution in [3.63, 3.8) is 0 Å². The van der Waals surface area contributed by atoms with Crippen LogP contribution in [0.25, 0.3) is 0 Å². The lowest BCUT2D eigenvalue weighted by Crippen LogP contribution is -2.14. The molecular formula is C12H12N4O4. The molecule has 104 valence electrons. The summed E-state index contributed by atoms with van der Waals surface area (Å²) in [4.78, 5) is 22.2. The highest BCUT2D eigenvalue weighted by Gasteiger charge is 2.15. The zero-order valence-corrected chi connectivity index (χ0v) is 10.9. The smallest absolute Gasteiger partial charge is 0.276 e. The second-order valence-electron chi connectivity index (χ2n) is 3.97. The van der Waals surface area contributed by atoms with Gasteiger partial charge in [0.25, 0.3) is 11.6 Å². The molecule has 0 aliphatic carbocycles. The Bertz CT molecular complexity index is 665. The molecule has 0 aliphatic heterocycles. The van der Waals surface area contributed by atoms with Gasteiger partial charge in [-0.3, -0.25) is 19.6 Å². The van der Waals surface area contributed by atoms with E-state index in [0.29, 0.717) is 5.75 Å². The summed E-state index contributed by atoms with van der Waals surface area (Å²) in [5, 5.41) is 17.2. The number of nitrogens with zero attached hydrogens (tertiary/aromatic N) is 3. The second kappa shape index (κ2) is 5.39. The molecular weight excluding hydrogens is 264 g/mol. The second-order valence-corrected chi connectivity index (χ2v) is 3.97. The van der Waals surface area contributed by atoms with Gasteiger partial charge in [0, 0.05) is 25.4 Å². The van der Waals surface area contributed by atoms with Gasteiger partial charge in [-0.15, -0.1) is 0 Å². The van der Waals surface area contributed by atoms with Gasteiger partial charge < -0.3 is 10.1 Å². The van der Waals surface area contributed by atoms with E-state index < -0.39 is 10.8 Å². The monoisotopic (exact) mass is 276 g/mol. The number of aryl methyl sites for hydroxylation is 1. The van der Waals surface area contributed by atoms with Gasteiger partial charge in [-0.2, -0.15) is 5.10 Å². The summed E-state index contributed by atoms with van der Waals surface area (Å²) in [5.41, 5.74) is 0.292. The minimum atomic E-state index is -0.546. The number of nitrogens with one attached hydrogen (secondary N) is 1. The number of hydrogen-bond acceptors (Lipinski definition) is 5.